The molecule has 2 aromatic carbocycles. The zero-order valence-corrected chi connectivity index (χ0v) is 20.3. The summed E-state index contributed by atoms with van der Waals surface area (Å²) < 4.78 is 36.9. The Balaban J connectivity index is 1.46. The maximum atomic E-state index is 15.1. The van der Waals surface area contributed by atoms with Gasteiger partial charge in [-0.25, -0.2) is 18.7 Å². The monoisotopic (exact) mass is 513 g/mol. The Hall–Kier alpha value is -3.09. The number of benzene rings is 2. The third-order valence-electron chi connectivity index (χ3n) is 6.04. The molecule has 1 saturated heterocycles. The fraction of sp³-hybridized carbons (Fsp3) is 0.280. The van der Waals surface area contributed by atoms with Crippen molar-refractivity contribution in [1.29, 1.82) is 0 Å². The second-order valence-corrected chi connectivity index (χ2v) is 9.66. The van der Waals surface area contributed by atoms with Crippen LogP contribution in [0.3, 0.4) is 0 Å². The number of thioether (sulfide) groups is 1. The van der Waals surface area contributed by atoms with Gasteiger partial charge in [-0.1, -0.05) is 12.1 Å². The van der Waals surface area contributed by atoms with Gasteiger partial charge in [0.05, 0.1) is 17.9 Å². The van der Waals surface area contributed by atoms with Crippen LogP contribution in [-0.2, 0) is 17.3 Å². The van der Waals surface area contributed by atoms with E-state index >= 15 is 8.78 Å². The van der Waals surface area contributed by atoms with E-state index in [9.17, 15) is 10.2 Å². The van der Waals surface area contributed by atoms with Crippen molar-refractivity contribution in [1.82, 2.24) is 19.4 Å². The quantitative estimate of drug-likeness (QED) is 0.322. The summed E-state index contributed by atoms with van der Waals surface area (Å²) in [7, 11) is 1.63. The Morgan fingerprint density at radius 1 is 1.08 bits per heavy atom. The minimum atomic E-state index is -2.75. The number of ether oxygens (including phenoxy) is 1. The highest BCUT2D eigenvalue weighted by Crippen LogP contribution is 2.32. The first kappa shape index (κ1) is 24.6. The predicted octanol–water partition coefficient (Wildman–Crippen LogP) is 3.73. The Labute approximate surface area is 210 Å². The minimum absolute atomic E-state index is 0.155. The average molecular weight is 514 g/mol. The van der Waals surface area contributed by atoms with E-state index in [1.165, 1.54) is 9.47 Å². The van der Waals surface area contributed by atoms with Crippen LogP contribution in [0.2, 0.25) is 0 Å². The molecule has 2 aromatic heterocycles. The van der Waals surface area contributed by atoms with Gasteiger partial charge in [0.15, 0.2) is 0 Å². The molecule has 4 aromatic rings. The first-order valence-corrected chi connectivity index (χ1v) is 12.5. The lowest BCUT2D eigenvalue weighted by Gasteiger charge is -2.37. The molecule has 36 heavy (non-hydrogen) atoms. The SMILES string of the molecule is COCc1ccc(Nc2ncc3ccn(-c4cc(F)c(C(O)(O)N5CCSCC5)c(F)c4)c3n2)cc1. The van der Waals surface area contributed by atoms with Crippen molar-refractivity contribution in [2.75, 3.05) is 37.0 Å². The van der Waals surface area contributed by atoms with E-state index in [0.717, 1.165) is 23.4 Å². The first-order chi connectivity index (χ1) is 17.4. The number of halogens is 2. The van der Waals surface area contributed by atoms with Crippen molar-refractivity contribution in [3.8, 4) is 5.69 Å². The molecule has 8 nitrogen and oxygen atoms in total. The van der Waals surface area contributed by atoms with Crippen molar-refractivity contribution >= 4 is 34.4 Å². The van der Waals surface area contributed by atoms with Crippen molar-refractivity contribution in [2.24, 2.45) is 0 Å². The van der Waals surface area contributed by atoms with Crippen LogP contribution in [0.25, 0.3) is 16.7 Å². The lowest BCUT2D eigenvalue weighted by Crippen LogP contribution is -2.51. The first-order valence-electron chi connectivity index (χ1n) is 11.3. The molecule has 3 heterocycles. The van der Waals surface area contributed by atoms with Crippen molar-refractivity contribution in [3.63, 3.8) is 0 Å². The van der Waals surface area contributed by atoms with Crippen LogP contribution in [0.5, 0.6) is 0 Å². The molecule has 1 aliphatic heterocycles. The molecule has 11 heteroatoms. The van der Waals surface area contributed by atoms with Crippen LogP contribution in [0.15, 0.2) is 54.9 Å². The number of aliphatic hydroxyl groups is 2. The topological polar surface area (TPSA) is 95.7 Å². The zero-order valence-electron chi connectivity index (χ0n) is 19.5. The van der Waals surface area contributed by atoms with Gasteiger partial charge in [-0.15, -0.1) is 0 Å². The summed E-state index contributed by atoms with van der Waals surface area (Å²) in [4.78, 5) is 10.1. The van der Waals surface area contributed by atoms with E-state index in [1.807, 2.05) is 24.3 Å². The lowest BCUT2D eigenvalue weighted by atomic mass is 10.1. The highest BCUT2D eigenvalue weighted by atomic mass is 32.2. The zero-order chi connectivity index (χ0) is 25.3. The molecule has 5 rings (SSSR count). The van der Waals surface area contributed by atoms with Crippen LogP contribution in [0.4, 0.5) is 20.4 Å². The molecule has 0 bridgehead atoms. The van der Waals surface area contributed by atoms with Crippen LogP contribution < -0.4 is 5.32 Å². The van der Waals surface area contributed by atoms with Crippen LogP contribution in [0.1, 0.15) is 11.1 Å². The summed E-state index contributed by atoms with van der Waals surface area (Å²) in [5, 5.41) is 25.1. The number of nitrogens with zero attached hydrogens (tertiary/aromatic N) is 4. The molecule has 0 aliphatic carbocycles. The summed E-state index contributed by atoms with van der Waals surface area (Å²) in [5.41, 5.74) is 1.59. The fourth-order valence-corrected chi connectivity index (χ4v) is 5.12. The molecule has 0 radical (unpaired) electrons. The lowest BCUT2D eigenvalue weighted by molar-refractivity contribution is -0.276. The number of anilines is 2. The molecular formula is C25H25F2N5O3S. The van der Waals surface area contributed by atoms with Gasteiger partial charge in [-0.3, -0.25) is 0 Å². The second-order valence-electron chi connectivity index (χ2n) is 8.43. The fourth-order valence-electron chi connectivity index (χ4n) is 4.22. The summed E-state index contributed by atoms with van der Waals surface area (Å²) in [6.07, 6.45) is 3.24. The second kappa shape index (κ2) is 10.1. The standard InChI is InChI=1S/C25H25F2N5O3S/c1-35-15-16-2-4-18(5-3-16)29-24-28-14-17-6-7-32(23(17)30-24)19-12-20(26)22(21(27)13-19)25(33,34)31-8-10-36-11-9-31/h2-7,12-14,33-34H,8-11,15H2,1H3,(H,28,29,30). The Morgan fingerprint density at radius 2 is 1.78 bits per heavy atom. The van der Waals surface area contributed by atoms with Crippen LogP contribution >= 0.6 is 11.8 Å². The number of aromatic nitrogens is 3. The van der Waals surface area contributed by atoms with Gasteiger partial charge >= 0.3 is 0 Å². The third kappa shape index (κ3) is 4.80. The molecule has 0 atom stereocenters. The van der Waals surface area contributed by atoms with Gasteiger partial charge in [-0.05, 0) is 35.9 Å². The molecular weight excluding hydrogens is 488 g/mol. The average Bonchev–Trinajstić information content (AvgIpc) is 3.29. The summed E-state index contributed by atoms with van der Waals surface area (Å²) in [6.45, 7) is 1.12. The molecule has 0 amide bonds. The molecule has 3 N–H and O–H groups in total. The third-order valence-corrected chi connectivity index (χ3v) is 6.98. The van der Waals surface area contributed by atoms with E-state index < -0.39 is 23.1 Å². The van der Waals surface area contributed by atoms with Gasteiger partial charge in [0.25, 0.3) is 5.91 Å². The van der Waals surface area contributed by atoms with Gasteiger partial charge < -0.3 is 24.8 Å². The summed E-state index contributed by atoms with van der Waals surface area (Å²) >= 11 is 1.65. The van der Waals surface area contributed by atoms with Gasteiger partial charge in [0, 0.05) is 55.2 Å². The number of nitrogens with one attached hydrogen (secondary N) is 1. The largest absolute Gasteiger partial charge is 0.380 e. The smallest absolute Gasteiger partial charge is 0.259 e. The van der Waals surface area contributed by atoms with E-state index in [2.05, 4.69) is 15.3 Å². The normalized spacial score (nSPS) is 14.9. The number of methoxy groups -OCH3 is 1. The highest BCUT2D eigenvalue weighted by Gasteiger charge is 2.40. The Kier molecular flexibility index (Phi) is 6.91. The maximum Gasteiger partial charge on any atom is 0.259 e. The highest BCUT2D eigenvalue weighted by molar-refractivity contribution is 7.99. The van der Waals surface area contributed by atoms with Gasteiger partial charge in [-0.2, -0.15) is 16.7 Å². The molecule has 0 unspecified atom stereocenters. The van der Waals surface area contributed by atoms with Crippen molar-refractivity contribution < 1.29 is 23.7 Å². The van der Waals surface area contributed by atoms with Crippen molar-refractivity contribution in [2.45, 2.75) is 12.5 Å². The van der Waals surface area contributed by atoms with Crippen LogP contribution in [0, 0.1) is 11.6 Å². The summed E-state index contributed by atoms with van der Waals surface area (Å²) in [6, 6.07) is 11.5. The predicted molar refractivity (Wildman–Crippen MR) is 134 cm³/mol. The Bertz CT molecular complexity index is 1350. The Morgan fingerprint density at radius 3 is 2.44 bits per heavy atom. The molecule has 188 valence electrons. The van der Waals surface area contributed by atoms with Gasteiger partial charge in [0.2, 0.25) is 5.95 Å². The van der Waals surface area contributed by atoms with E-state index in [1.54, 1.807) is 37.3 Å². The van der Waals surface area contributed by atoms with Gasteiger partial charge in [0.1, 0.15) is 17.3 Å². The number of hydrogen-bond acceptors (Lipinski definition) is 8. The van der Waals surface area contributed by atoms with Crippen LogP contribution in [-0.4, -0.2) is 61.4 Å². The van der Waals surface area contributed by atoms with Crippen molar-refractivity contribution in [3.05, 3.63) is 77.6 Å². The molecule has 0 saturated carbocycles. The maximum absolute atomic E-state index is 15.1. The summed E-state index contributed by atoms with van der Waals surface area (Å²) in [5.74, 6) is -3.26. The molecule has 1 aliphatic rings. The number of hydrogen-bond donors (Lipinski definition) is 3. The molecule has 1 fully saturated rings. The number of fused-ring (bicyclic) bond motifs is 1. The van der Waals surface area contributed by atoms with E-state index in [-0.39, 0.29) is 5.69 Å². The van der Waals surface area contributed by atoms with E-state index in [4.69, 9.17) is 4.74 Å². The minimum Gasteiger partial charge on any atom is -0.380 e. The molecule has 0 spiro atoms. The van der Waals surface area contributed by atoms with E-state index in [0.29, 0.717) is 48.2 Å². The number of rotatable bonds is 7.